The van der Waals surface area contributed by atoms with Gasteiger partial charge in [0.2, 0.25) is 5.91 Å². The van der Waals surface area contributed by atoms with Crippen molar-refractivity contribution < 1.29 is 22.7 Å². The summed E-state index contributed by atoms with van der Waals surface area (Å²) in [7, 11) is 0. The monoisotopic (exact) mass is 284 g/mol. The molecule has 0 radical (unpaired) electrons. The smallest absolute Gasteiger partial charge is 0.372 e. The van der Waals surface area contributed by atoms with E-state index in [-0.39, 0.29) is 18.6 Å². The Bertz CT molecular complexity index is 256. The Balaban J connectivity index is 3.69. The molecule has 0 bridgehead atoms. The molecule has 1 atom stereocenters. The minimum Gasteiger partial charge on any atom is -0.372 e. The van der Waals surface area contributed by atoms with Gasteiger partial charge in [-0.2, -0.15) is 13.2 Å². The first-order valence-corrected chi connectivity index (χ1v) is 6.48. The van der Waals surface area contributed by atoms with Gasteiger partial charge in [-0.1, -0.05) is 0 Å². The lowest BCUT2D eigenvalue weighted by Gasteiger charge is -2.23. The van der Waals surface area contributed by atoms with Gasteiger partial charge >= 0.3 is 6.18 Å². The third kappa shape index (κ3) is 8.83. The van der Waals surface area contributed by atoms with Gasteiger partial charge in [0, 0.05) is 19.7 Å². The van der Waals surface area contributed by atoms with Crippen molar-refractivity contribution in [2.75, 3.05) is 32.8 Å². The van der Waals surface area contributed by atoms with Gasteiger partial charge in [0.15, 0.2) is 0 Å². The highest BCUT2D eigenvalue weighted by molar-refractivity contribution is 5.81. The first-order chi connectivity index (χ1) is 8.81. The summed E-state index contributed by atoms with van der Waals surface area (Å²) in [6.07, 6.45) is -3.84. The Morgan fingerprint density at radius 3 is 2.37 bits per heavy atom. The van der Waals surface area contributed by atoms with Crippen molar-refractivity contribution in [2.24, 2.45) is 0 Å². The summed E-state index contributed by atoms with van der Waals surface area (Å²) in [4.78, 5) is 13.5. The van der Waals surface area contributed by atoms with E-state index in [1.54, 1.807) is 11.8 Å². The van der Waals surface area contributed by atoms with Gasteiger partial charge in [-0.15, -0.1) is 0 Å². The molecule has 0 fully saturated rings. The predicted molar refractivity (Wildman–Crippen MR) is 66.9 cm³/mol. The topological polar surface area (TPSA) is 41.6 Å². The highest BCUT2D eigenvalue weighted by Gasteiger charge is 2.27. The molecule has 1 amide bonds. The quantitative estimate of drug-likeness (QED) is 0.656. The standard InChI is InChI=1S/C12H23F3N2O2/c1-4-17(5-2)11(18)10(3)16-7-6-8-19-9-12(13,14)15/h10,16H,4-9H2,1-3H3. The largest absolute Gasteiger partial charge is 0.411 e. The van der Waals surface area contributed by atoms with Crippen molar-refractivity contribution in [1.82, 2.24) is 10.2 Å². The Kier molecular flexibility index (Phi) is 8.75. The second-order valence-electron chi connectivity index (χ2n) is 4.21. The van der Waals surface area contributed by atoms with Crippen LogP contribution in [0, 0.1) is 0 Å². The van der Waals surface area contributed by atoms with Gasteiger partial charge < -0.3 is 15.0 Å². The number of halogens is 3. The first-order valence-electron chi connectivity index (χ1n) is 6.48. The summed E-state index contributed by atoms with van der Waals surface area (Å²) >= 11 is 0. The fraction of sp³-hybridized carbons (Fsp3) is 0.917. The molecule has 0 aromatic carbocycles. The Morgan fingerprint density at radius 2 is 1.89 bits per heavy atom. The van der Waals surface area contributed by atoms with Crippen LogP contribution in [0.15, 0.2) is 0 Å². The van der Waals surface area contributed by atoms with E-state index in [2.05, 4.69) is 10.1 Å². The zero-order valence-corrected chi connectivity index (χ0v) is 11.7. The third-order valence-electron chi connectivity index (χ3n) is 2.63. The molecule has 0 aliphatic rings. The Hall–Kier alpha value is -0.820. The average Bonchev–Trinajstić information content (AvgIpc) is 2.33. The molecule has 7 heteroatoms. The van der Waals surface area contributed by atoms with Crippen molar-refractivity contribution in [2.45, 2.75) is 39.4 Å². The van der Waals surface area contributed by atoms with Gasteiger partial charge in [0.05, 0.1) is 6.04 Å². The zero-order valence-electron chi connectivity index (χ0n) is 11.7. The van der Waals surface area contributed by atoms with Crippen molar-refractivity contribution >= 4 is 5.91 Å². The predicted octanol–water partition coefficient (Wildman–Crippen LogP) is 1.80. The molecule has 4 nitrogen and oxygen atoms in total. The Morgan fingerprint density at radius 1 is 1.32 bits per heavy atom. The van der Waals surface area contributed by atoms with Crippen LogP contribution < -0.4 is 5.32 Å². The summed E-state index contributed by atoms with van der Waals surface area (Å²) < 4.78 is 39.8. The van der Waals surface area contributed by atoms with E-state index in [4.69, 9.17) is 0 Å². The number of hydrogen-bond acceptors (Lipinski definition) is 3. The number of nitrogens with one attached hydrogen (secondary N) is 1. The molecule has 0 aromatic rings. The minimum absolute atomic E-state index is 0.00112. The first kappa shape index (κ1) is 18.2. The van der Waals surface area contributed by atoms with Crippen LogP contribution in [0.25, 0.3) is 0 Å². The number of nitrogens with zero attached hydrogens (tertiary/aromatic N) is 1. The molecule has 0 saturated heterocycles. The minimum atomic E-state index is -4.28. The molecule has 0 rings (SSSR count). The summed E-state index contributed by atoms with van der Waals surface area (Å²) in [5.74, 6) is 0.00112. The van der Waals surface area contributed by atoms with Crippen LogP contribution in [0.4, 0.5) is 13.2 Å². The maximum atomic E-state index is 11.8. The van der Waals surface area contributed by atoms with Crippen LogP contribution in [-0.2, 0) is 9.53 Å². The van der Waals surface area contributed by atoms with E-state index >= 15 is 0 Å². The number of amides is 1. The van der Waals surface area contributed by atoms with Gasteiger partial charge in [-0.05, 0) is 33.7 Å². The van der Waals surface area contributed by atoms with Gasteiger partial charge in [-0.25, -0.2) is 0 Å². The lowest BCUT2D eigenvalue weighted by molar-refractivity contribution is -0.173. The lowest BCUT2D eigenvalue weighted by Crippen LogP contribution is -2.45. The molecule has 0 aliphatic carbocycles. The summed E-state index contributed by atoms with van der Waals surface area (Å²) in [5.41, 5.74) is 0. The van der Waals surface area contributed by atoms with Crippen LogP contribution in [-0.4, -0.2) is 55.9 Å². The summed E-state index contributed by atoms with van der Waals surface area (Å²) in [6, 6.07) is -0.331. The molecule has 0 aromatic heterocycles. The van der Waals surface area contributed by atoms with Gasteiger partial charge in [-0.3, -0.25) is 4.79 Å². The second-order valence-corrected chi connectivity index (χ2v) is 4.21. The second kappa shape index (κ2) is 9.14. The highest BCUT2D eigenvalue weighted by Crippen LogP contribution is 2.14. The molecule has 0 spiro atoms. The molecule has 114 valence electrons. The third-order valence-corrected chi connectivity index (χ3v) is 2.63. The number of carbonyl (C=O) groups excluding carboxylic acids is 1. The molecule has 0 heterocycles. The van der Waals surface area contributed by atoms with Gasteiger partial charge in [0.25, 0.3) is 0 Å². The van der Waals surface area contributed by atoms with E-state index in [9.17, 15) is 18.0 Å². The van der Waals surface area contributed by atoms with E-state index in [1.807, 2.05) is 13.8 Å². The zero-order chi connectivity index (χ0) is 14.9. The number of alkyl halides is 3. The van der Waals surface area contributed by atoms with Crippen molar-refractivity contribution in [3.05, 3.63) is 0 Å². The van der Waals surface area contributed by atoms with Crippen LogP contribution >= 0.6 is 0 Å². The maximum Gasteiger partial charge on any atom is 0.411 e. The SMILES string of the molecule is CCN(CC)C(=O)C(C)NCCCOCC(F)(F)F. The van der Waals surface area contributed by atoms with Crippen LogP contribution in [0.3, 0.4) is 0 Å². The fourth-order valence-corrected chi connectivity index (χ4v) is 1.58. The normalized spacial score (nSPS) is 13.4. The van der Waals surface area contributed by atoms with E-state index in [0.29, 0.717) is 26.1 Å². The molecule has 19 heavy (non-hydrogen) atoms. The van der Waals surface area contributed by atoms with E-state index in [1.165, 1.54) is 0 Å². The molecule has 0 saturated carbocycles. The van der Waals surface area contributed by atoms with E-state index in [0.717, 1.165) is 0 Å². The number of likely N-dealkylation sites (N-methyl/N-ethyl adjacent to an activating group) is 1. The molecular formula is C12H23F3N2O2. The molecule has 1 unspecified atom stereocenters. The highest BCUT2D eigenvalue weighted by atomic mass is 19.4. The van der Waals surface area contributed by atoms with Gasteiger partial charge in [0.1, 0.15) is 6.61 Å². The lowest BCUT2D eigenvalue weighted by atomic mass is 10.2. The number of rotatable bonds is 9. The van der Waals surface area contributed by atoms with Crippen LogP contribution in [0.5, 0.6) is 0 Å². The molecule has 1 N–H and O–H groups in total. The van der Waals surface area contributed by atoms with Crippen molar-refractivity contribution in [1.29, 1.82) is 0 Å². The summed E-state index contributed by atoms with van der Waals surface area (Å²) in [6.45, 7) is 6.10. The Labute approximate surface area is 112 Å². The summed E-state index contributed by atoms with van der Waals surface area (Å²) in [5, 5.41) is 2.98. The van der Waals surface area contributed by atoms with Crippen LogP contribution in [0.1, 0.15) is 27.2 Å². The van der Waals surface area contributed by atoms with Crippen molar-refractivity contribution in [3.63, 3.8) is 0 Å². The number of hydrogen-bond donors (Lipinski definition) is 1. The average molecular weight is 284 g/mol. The molecular weight excluding hydrogens is 261 g/mol. The fourth-order valence-electron chi connectivity index (χ4n) is 1.58. The van der Waals surface area contributed by atoms with Crippen molar-refractivity contribution in [3.8, 4) is 0 Å². The maximum absolute atomic E-state index is 11.8. The number of carbonyl (C=O) groups is 1. The number of ether oxygens (including phenoxy) is 1. The molecule has 0 aliphatic heterocycles. The van der Waals surface area contributed by atoms with E-state index < -0.39 is 12.8 Å². The van der Waals surface area contributed by atoms with Crippen LogP contribution in [0.2, 0.25) is 0 Å².